The molecule has 25 heavy (non-hydrogen) atoms. The third-order valence-corrected chi connectivity index (χ3v) is 5.32. The molecule has 1 spiro atoms. The van der Waals surface area contributed by atoms with Gasteiger partial charge in [-0.2, -0.15) is 0 Å². The second kappa shape index (κ2) is 7.97. The number of carboxylic acids is 1. The van der Waals surface area contributed by atoms with Gasteiger partial charge in [0.25, 0.3) is 0 Å². The summed E-state index contributed by atoms with van der Waals surface area (Å²) in [5.74, 6) is -0.896. The fourth-order valence-corrected chi connectivity index (χ4v) is 3.71. The first-order valence-electron chi connectivity index (χ1n) is 8.47. The minimum Gasteiger partial charge on any atom is -0.478 e. The van der Waals surface area contributed by atoms with Gasteiger partial charge in [-0.3, -0.25) is 4.98 Å². The van der Waals surface area contributed by atoms with Crippen LogP contribution in [0, 0.1) is 0 Å². The van der Waals surface area contributed by atoms with Crippen molar-refractivity contribution in [2.24, 2.45) is 0 Å². The van der Waals surface area contributed by atoms with Crippen molar-refractivity contribution in [3.8, 4) is 0 Å². The Morgan fingerprint density at radius 1 is 1.24 bits per heavy atom. The average Bonchev–Trinajstić information content (AvgIpc) is 3.27. The Morgan fingerprint density at radius 3 is 2.64 bits per heavy atom. The van der Waals surface area contributed by atoms with Crippen LogP contribution >= 0.6 is 15.9 Å². The Hall–Kier alpha value is -1.92. The number of pyridine rings is 1. The van der Waals surface area contributed by atoms with Gasteiger partial charge in [0.1, 0.15) is 0 Å². The first-order chi connectivity index (χ1) is 12.1. The zero-order valence-corrected chi connectivity index (χ0v) is 15.6. The van der Waals surface area contributed by atoms with E-state index in [1.807, 2.05) is 18.5 Å². The van der Waals surface area contributed by atoms with Gasteiger partial charge in [0.15, 0.2) is 0 Å². The molecule has 4 rings (SSSR count). The lowest BCUT2D eigenvalue weighted by Crippen LogP contribution is -2.42. The van der Waals surface area contributed by atoms with E-state index in [1.165, 1.54) is 38.0 Å². The fourth-order valence-electron chi connectivity index (χ4n) is 3.44. The van der Waals surface area contributed by atoms with Gasteiger partial charge >= 0.3 is 5.97 Å². The monoisotopic (exact) mass is 403 g/mol. The third-order valence-electron chi connectivity index (χ3n) is 4.79. The number of anilines is 1. The Bertz CT molecular complexity index is 700. The summed E-state index contributed by atoms with van der Waals surface area (Å²) in [6, 6.07) is 10.7. The van der Waals surface area contributed by atoms with Crippen molar-refractivity contribution in [2.45, 2.75) is 24.8 Å². The molecule has 1 aromatic carbocycles. The van der Waals surface area contributed by atoms with Crippen molar-refractivity contribution in [3.05, 3.63) is 58.8 Å². The quantitative estimate of drug-likeness (QED) is 0.802. The number of aromatic nitrogens is 1. The van der Waals surface area contributed by atoms with E-state index in [9.17, 15) is 4.79 Å². The van der Waals surface area contributed by atoms with E-state index in [2.05, 4.69) is 37.2 Å². The largest absolute Gasteiger partial charge is 0.478 e. The highest BCUT2D eigenvalue weighted by Gasteiger charge is 2.39. The summed E-state index contributed by atoms with van der Waals surface area (Å²) >= 11 is 3.20. The van der Waals surface area contributed by atoms with Gasteiger partial charge in [-0.1, -0.05) is 15.9 Å². The van der Waals surface area contributed by atoms with Crippen molar-refractivity contribution in [2.75, 3.05) is 24.5 Å². The molecule has 3 heterocycles. The molecule has 132 valence electrons. The maximum atomic E-state index is 10.3. The Kier molecular flexibility index (Phi) is 5.71. The molecule has 6 heteroatoms. The first-order valence-corrected chi connectivity index (χ1v) is 9.26. The third kappa shape index (κ3) is 4.58. The molecule has 2 N–H and O–H groups in total. The number of hydrogen-bond acceptors (Lipinski definition) is 4. The number of rotatable bonds is 2. The van der Waals surface area contributed by atoms with Gasteiger partial charge in [-0.05, 0) is 62.2 Å². The molecule has 1 atom stereocenters. The summed E-state index contributed by atoms with van der Waals surface area (Å²) in [4.78, 5) is 16.9. The molecule has 0 unspecified atom stereocenters. The molecule has 2 fully saturated rings. The number of halogens is 1. The zero-order valence-electron chi connectivity index (χ0n) is 14.0. The number of nitrogens with one attached hydrogen (secondary N) is 1. The molecule has 0 aliphatic carbocycles. The Morgan fingerprint density at radius 2 is 2.04 bits per heavy atom. The summed E-state index contributed by atoms with van der Waals surface area (Å²) in [5.41, 5.74) is 1.99. The zero-order chi connectivity index (χ0) is 17.7. The first kappa shape index (κ1) is 17.9. The van der Waals surface area contributed by atoms with Crippen molar-refractivity contribution in [1.82, 2.24) is 10.3 Å². The van der Waals surface area contributed by atoms with E-state index in [-0.39, 0.29) is 0 Å². The van der Waals surface area contributed by atoms with Crippen molar-refractivity contribution in [1.29, 1.82) is 0 Å². The molecule has 1 aromatic heterocycles. The molecule has 5 nitrogen and oxygen atoms in total. The number of benzene rings is 1. The summed E-state index contributed by atoms with van der Waals surface area (Å²) in [6.07, 6.45) is 7.75. The van der Waals surface area contributed by atoms with E-state index < -0.39 is 5.97 Å². The SMILES string of the molecule is O=C(O)c1ccc(Br)cc1.c1cncc(N2CC[C@]3(CCCN3)C2)c1. The maximum Gasteiger partial charge on any atom is 0.335 e. The van der Waals surface area contributed by atoms with Gasteiger partial charge in [-0.15, -0.1) is 0 Å². The molecule has 0 amide bonds. The summed E-state index contributed by atoms with van der Waals surface area (Å²) < 4.78 is 0.887. The van der Waals surface area contributed by atoms with Crippen LogP contribution in [0.2, 0.25) is 0 Å². The minimum absolute atomic E-state index is 0.309. The lowest BCUT2D eigenvalue weighted by atomic mass is 9.97. The lowest BCUT2D eigenvalue weighted by Gasteiger charge is -2.25. The summed E-state index contributed by atoms with van der Waals surface area (Å²) in [5, 5.41) is 12.1. The minimum atomic E-state index is -0.896. The van der Waals surface area contributed by atoms with Gasteiger partial charge in [0, 0.05) is 29.3 Å². The van der Waals surface area contributed by atoms with Crippen LogP contribution in [0.3, 0.4) is 0 Å². The van der Waals surface area contributed by atoms with E-state index in [0.29, 0.717) is 11.1 Å². The Balaban J connectivity index is 0.000000160. The molecule has 2 aliphatic heterocycles. The summed E-state index contributed by atoms with van der Waals surface area (Å²) in [7, 11) is 0. The van der Waals surface area contributed by atoms with Crippen LogP contribution in [0.25, 0.3) is 0 Å². The van der Waals surface area contributed by atoms with Crippen LogP contribution < -0.4 is 10.2 Å². The van der Waals surface area contributed by atoms with E-state index in [4.69, 9.17) is 5.11 Å². The topological polar surface area (TPSA) is 65.5 Å². The molecule has 2 aromatic rings. The van der Waals surface area contributed by atoms with Crippen LogP contribution in [0.4, 0.5) is 5.69 Å². The molecular formula is C19H22BrN3O2. The van der Waals surface area contributed by atoms with Gasteiger partial charge < -0.3 is 15.3 Å². The maximum absolute atomic E-state index is 10.3. The van der Waals surface area contributed by atoms with E-state index in [0.717, 1.165) is 11.0 Å². The fraction of sp³-hybridized carbons (Fsp3) is 0.368. The highest BCUT2D eigenvalue weighted by Crippen LogP contribution is 2.32. The normalized spacial score (nSPS) is 21.9. The van der Waals surface area contributed by atoms with E-state index in [1.54, 1.807) is 24.3 Å². The highest BCUT2D eigenvalue weighted by atomic mass is 79.9. The number of nitrogens with zero attached hydrogens (tertiary/aromatic N) is 2. The molecule has 0 bridgehead atoms. The van der Waals surface area contributed by atoms with Crippen molar-refractivity contribution < 1.29 is 9.90 Å². The van der Waals surface area contributed by atoms with Crippen LogP contribution in [0.5, 0.6) is 0 Å². The van der Waals surface area contributed by atoms with Gasteiger partial charge in [-0.25, -0.2) is 4.79 Å². The molecular weight excluding hydrogens is 382 g/mol. The van der Waals surface area contributed by atoms with Crippen molar-refractivity contribution in [3.63, 3.8) is 0 Å². The predicted molar refractivity (Wildman–Crippen MR) is 102 cm³/mol. The Labute approximate surface area is 156 Å². The molecule has 0 radical (unpaired) electrons. The average molecular weight is 404 g/mol. The van der Waals surface area contributed by atoms with Gasteiger partial charge in [0.05, 0.1) is 17.4 Å². The second-order valence-electron chi connectivity index (χ2n) is 6.51. The number of carbonyl (C=O) groups is 1. The lowest BCUT2D eigenvalue weighted by molar-refractivity contribution is 0.0697. The molecule has 2 saturated heterocycles. The van der Waals surface area contributed by atoms with Crippen LogP contribution in [0.15, 0.2) is 53.3 Å². The predicted octanol–water partition coefficient (Wildman–Crippen LogP) is 3.56. The van der Waals surface area contributed by atoms with Crippen LogP contribution in [-0.2, 0) is 0 Å². The second-order valence-corrected chi connectivity index (χ2v) is 7.42. The van der Waals surface area contributed by atoms with Crippen molar-refractivity contribution >= 4 is 27.6 Å². The highest BCUT2D eigenvalue weighted by molar-refractivity contribution is 9.10. The number of aromatic carboxylic acids is 1. The number of carboxylic acid groups (broad SMARTS) is 1. The van der Waals surface area contributed by atoms with Crippen LogP contribution in [0.1, 0.15) is 29.6 Å². The van der Waals surface area contributed by atoms with Crippen LogP contribution in [-0.4, -0.2) is 41.2 Å². The smallest absolute Gasteiger partial charge is 0.335 e. The summed E-state index contributed by atoms with van der Waals surface area (Å²) in [6.45, 7) is 3.51. The standard InChI is InChI=1S/C12H17N3.C7H5BrO2/c1-3-11(9-13-6-1)15-8-5-12(10-15)4-2-7-14-12;8-6-3-1-5(2-4-6)7(9)10/h1,3,6,9,14H,2,4-5,7-8,10H2;1-4H,(H,9,10)/t12-;/m1./s1. The van der Waals surface area contributed by atoms with E-state index >= 15 is 0 Å². The molecule has 0 saturated carbocycles. The molecule has 2 aliphatic rings. The van der Waals surface area contributed by atoms with Gasteiger partial charge in [0.2, 0.25) is 0 Å². The number of hydrogen-bond donors (Lipinski definition) is 2.